The Bertz CT molecular complexity index is 948. The Balaban J connectivity index is 1.85. The fraction of sp³-hybridized carbons (Fsp3) is 0.500. The molecule has 1 aliphatic heterocycles. The standard InChI is InChI=1S/C20H27N3O3S2/c1-14-7-8-16(28(25,26)22-20(2,3)4)12-17(14)19(24)23-10-5-6-15(13-23)18-21-9-11-27-18/h7-9,11-12,15,22H,5-6,10,13H2,1-4H3. The second-order valence-electron chi connectivity index (χ2n) is 8.29. The number of aromatic nitrogens is 1. The fourth-order valence-electron chi connectivity index (χ4n) is 3.43. The first kappa shape index (κ1) is 21.0. The number of rotatable bonds is 4. The normalized spacial score (nSPS) is 18.3. The quantitative estimate of drug-likeness (QED) is 0.819. The number of hydrogen-bond acceptors (Lipinski definition) is 5. The first-order chi connectivity index (χ1) is 13.1. The van der Waals surface area contributed by atoms with E-state index in [0.717, 1.165) is 23.4 Å². The Morgan fingerprint density at radius 3 is 2.71 bits per heavy atom. The molecule has 8 heteroatoms. The van der Waals surface area contributed by atoms with E-state index in [1.807, 2.05) is 17.2 Å². The summed E-state index contributed by atoms with van der Waals surface area (Å²) in [6.45, 7) is 8.50. The largest absolute Gasteiger partial charge is 0.338 e. The Morgan fingerprint density at radius 1 is 1.32 bits per heavy atom. The van der Waals surface area contributed by atoms with Crippen LogP contribution in [0.5, 0.6) is 0 Å². The van der Waals surface area contributed by atoms with Crippen LogP contribution in [0.1, 0.15) is 60.5 Å². The average molecular weight is 422 g/mol. The molecular weight excluding hydrogens is 394 g/mol. The van der Waals surface area contributed by atoms with Crippen LogP contribution in [0.4, 0.5) is 0 Å². The lowest BCUT2D eigenvalue weighted by molar-refractivity contribution is 0.0706. The number of nitrogens with zero attached hydrogens (tertiary/aromatic N) is 2. The predicted octanol–water partition coefficient (Wildman–Crippen LogP) is 3.55. The van der Waals surface area contributed by atoms with Crippen molar-refractivity contribution in [2.75, 3.05) is 13.1 Å². The molecule has 0 bridgehead atoms. The number of nitrogens with one attached hydrogen (secondary N) is 1. The molecule has 1 unspecified atom stereocenters. The lowest BCUT2D eigenvalue weighted by atomic mass is 9.97. The third kappa shape index (κ3) is 4.79. The number of likely N-dealkylation sites (tertiary alicyclic amines) is 1. The van der Waals surface area contributed by atoms with Gasteiger partial charge in [-0.05, 0) is 58.2 Å². The number of amides is 1. The van der Waals surface area contributed by atoms with Crippen LogP contribution in [0.3, 0.4) is 0 Å². The molecule has 1 saturated heterocycles. The van der Waals surface area contributed by atoms with Gasteiger partial charge in [-0.25, -0.2) is 18.1 Å². The number of aryl methyl sites for hydroxylation is 1. The minimum atomic E-state index is -3.70. The Hall–Kier alpha value is -1.77. The van der Waals surface area contributed by atoms with E-state index in [9.17, 15) is 13.2 Å². The highest BCUT2D eigenvalue weighted by Gasteiger charge is 2.29. The lowest BCUT2D eigenvalue weighted by Crippen LogP contribution is -2.41. The maximum atomic E-state index is 13.2. The summed E-state index contributed by atoms with van der Waals surface area (Å²) in [5.41, 5.74) is 0.620. The van der Waals surface area contributed by atoms with E-state index >= 15 is 0 Å². The summed E-state index contributed by atoms with van der Waals surface area (Å²) < 4.78 is 28.0. The smallest absolute Gasteiger partial charge is 0.254 e. The molecule has 28 heavy (non-hydrogen) atoms. The molecule has 1 N–H and O–H groups in total. The fourth-order valence-corrected chi connectivity index (χ4v) is 5.64. The number of carbonyl (C=O) groups excluding carboxylic acids is 1. The van der Waals surface area contributed by atoms with Gasteiger partial charge in [-0.15, -0.1) is 11.3 Å². The van der Waals surface area contributed by atoms with Crippen LogP contribution in [0.25, 0.3) is 0 Å². The molecule has 3 rings (SSSR count). The van der Waals surface area contributed by atoms with Gasteiger partial charge in [-0.1, -0.05) is 6.07 Å². The molecule has 0 saturated carbocycles. The summed E-state index contributed by atoms with van der Waals surface area (Å²) in [7, 11) is -3.70. The van der Waals surface area contributed by atoms with Gasteiger partial charge in [0.25, 0.3) is 5.91 Å². The molecule has 0 spiro atoms. The van der Waals surface area contributed by atoms with Crippen LogP contribution in [-0.2, 0) is 10.0 Å². The van der Waals surface area contributed by atoms with Crippen molar-refractivity contribution in [3.63, 3.8) is 0 Å². The van der Waals surface area contributed by atoms with Gasteiger partial charge >= 0.3 is 0 Å². The van der Waals surface area contributed by atoms with E-state index < -0.39 is 15.6 Å². The molecule has 6 nitrogen and oxygen atoms in total. The zero-order valence-corrected chi connectivity index (χ0v) is 18.4. The molecule has 2 aromatic rings. The first-order valence-corrected chi connectivity index (χ1v) is 11.8. The molecule has 0 aliphatic carbocycles. The summed E-state index contributed by atoms with van der Waals surface area (Å²) in [6, 6.07) is 4.75. The van der Waals surface area contributed by atoms with Gasteiger partial charge in [0.1, 0.15) is 0 Å². The van der Waals surface area contributed by atoms with Gasteiger partial charge in [0.05, 0.1) is 9.90 Å². The third-order valence-corrected chi connectivity index (χ3v) is 7.39. The molecule has 1 aromatic carbocycles. The zero-order valence-electron chi connectivity index (χ0n) is 16.7. The van der Waals surface area contributed by atoms with E-state index in [4.69, 9.17) is 0 Å². The van der Waals surface area contributed by atoms with Crippen molar-refractivity contribution in [1.29, 1.82) is 0 Å². The maximum absolute atomic E-state index is 13.2. The Morgan fingerprint density at radius 2 is 2.07 bits per heavy atom. The van der Waals surface area contributed by atoms with Crippen LogP contribution >= 0.6 is 11.3 Å². The van der Waals surface area contributed by atoms with Gasteiger partial charge in [-0.3, -0.25) is 4.79 Å². The molecule has 1 fully saturated rings. The highest BCUT2D eigenvalue weighted by Crippen LogP contribution is 2.29. The molecule has 1 atom stereocenters. The van der Waals surface area contributed by atoms with Gasteiger partial charge in [0, 0.05) is 41.7 Å². The maximum Gasteiger partial charge on any atom is 0.254 e. The molecule has 1 aromatic heterocycles. The Kier molecular flexibility index (Phi) is 5.93. The number of piperidine rings is 1. The number of sulfonamides is 1. The van der Waals surface area contributed by atoms with E-state index in [-0.39, 0.29) is 16.7 Å². The van der Waals surface area contributed by atoms with Crippen molar-refractivity contribution in [2.45, 2.75) is 56.9 Å². The minimum absolute atomic E-state index is 0.116. The lowest BCUT2D eigenvalue weighted by Gasteiger charge is -2.32. The number of benzene rings is 1. The average Bonchev–Trinajstić information content (AvgIpc) is 3.14. The molecule has 1 amide bonds. The van der Waals surface area contributed by atoms with Crippen molar-refractivity contribution in [2.24, 2.45) is 0 Å². The summed E-state index contributed by atoms with van der Waals surface area (Å²) in [5, 5.41) is 3.01. The summed E-state index contributed by atoms with van der Waals surface area (Å²) in [4.78, 5) is 19.5. The molecule has 2 heterocycles. The van der Waals surface area contributed by atoms with Crippen LogP contribution < -0.4 is 4.72 Å². The number of carbonyl (C=O) groups is 1. The summed E-state index contributed by atoms with van der Waals surface area (Å²) >= 11 is 1.62. The van der Waals surface area contributed by atoms with E-state index in [1.54, 1.807) is 50.4 Å². The highest BCUT2D eigenvalue weighted by molar-refractivity contribution is 7.89. The van der Waals surface area contributed by atoms with Crippen molar-refractivity contribution < 1.29 is 13.2 Å². The Labute approximate surface area is 171 Å². The van der Waals surface area contributed by atoms with Crippen molar-refractivity contribution in [3.05, 3.63) is 45.9 Å². The van der Waals surface area contributed by atoms with E-state index in [0.29, 0.717) is 18.7 Å². The van der Waals surface area contributed by atoms with E-state index in [1.165, 1.54) is 6.07 Å². The molecule has 152 valence electrons. The van der Waals surface area contributed by atoms with Crippen LogP contribution in [0, 0.1) is 6.92 Å². The SMILES string of the molecule is Cc1ccc(S(=O)(=O)NC(C)(C)C)cc1C(=O)N1CCCC(c2nccs2)C1. The van der Waals surface area contributed by atoms with Gasteiger partial charge in [0.2, 0.25) is 10.0 Å². The van der Waals surface area contributed by atoms with Crippen LogP contribution in [0.15, 0.2) is 34.7 Å². The van der Waals surface area contributed by atoms with Crippen LogP contribution in [0.2, 0.25) is 0 Å². The van der Waals surface area contributed by atoms with Gasteiger partial charge in [-0.2, -0.15) is 0 Å². The monoisotopic (exact) mass is 421 g/mol. The molecule has 1 aliphatic rings. The highest BCUT2D eigenvalue weighted by atomic mass is 32.2. The topological polar surface area (TPSA) is 79.4 Å². The number of thiazole rings is 1. The van der Waals surface area contributed by atoms with Gasteiger partial charge in [0.15, 0.2) is 0 Å². The van der Waals surface area contributed by atoms with Crippen molar-refractivity contribution >= 4 is 27.3 Å². The molecule has 0 radical (unpaired) electrons. The summed E-state index contributed by atoms with van der Waals surface area (Å²) in [5.74, 6) is 0.124. The first-order valence-electron chi connectivity index (χ1n) is 9.40. The molecular formula is C20H27N3O3S2. The van der Waals surface area contributed by atoms with Crippen molar-refractivity contribution in [1.82, 2.24) is 14.6 Å². The second-order valence-corrected chi connectivity index (χ2v) is 10.9. The zero-order chi connectivity index (χ0) is 20.5. The second kappa shape index (κ2) is 7.93. The third-order valence-electron chi connectivity index (χ3n) is 4.70. The van der Waals surface area contributed by atoms with Gasteiger partial charge < -0.3 is 4.90 Å². The predicted molar refractivity (Wildman–Crippen MR) is 111 cm³/mol. The van der Waals surface area contributed by atoms with E-state index in [2.05, 4.69) is 9.71 Å². The summed E-state index contributed by atoms with van der Waals surface area (Å²) in [6.07, 6.45) is 3.72. The minimum Gasteiger partial charge on any atom is -0.338 e. The van der Waals surface area contributed by atoms with Crippen LogP contribution in [-0.4, -0.2) is 42.8 Å². The van der Waals surface area contributed by atoms with Crippen molar-refractivity contribution in [3.8, 4) is 0 Å². The number of hydrogen-bond donors (Lipinski definition) is 1.